The summed E-state index contributed by atoms with van der Waals surface area (Å²) in [4.78, 5) is 27.8. The number of urea groups is 1. The fourth-order valence-electron chi connectivity index (χ4n) is 3.99. The Morgan fingerprint density at radius 3 is 2.83 bits per heavy atom. The Bertz CT molecular complexity index is 1110. The minimum atomic E-state index is -4.27. The summed E-state index contributed by atoms with van der Waals surface area (Å²) < 4.78 is 46.4. The second-order valence-corrected chi connectivity index (χ2v) is 8.62. The minimum absolute atomic E-state index is 0.161. The number of nitrogens with one attached hydrogen (secondary N) is 1. The number of alkyl halides is 3. The molecule has 0 spiro atoms. The molecule has 0 unspecified atom stereocenters. The number of halogens is 3. The molecule has 11 heteroatoms. The summed E-state index contributed by atoms with van der Waals surface area (Å²) in [6.45, 7) is 6.65. The van der Waals surface area contributed by atoms with Crippen molar-refractivity contribution in [1.82, 2.24) is 24.6 Å². The molecule has 1 aliphatic rings. The van der Waals surface area contributed by atoms with E-state index in [0.717, 1.165) is 6.42 Å². The average Bonchev–Trinajstić information content (AvgIpc) is 3.32. The van der Waals surface area contributed by atoms with Crippen LogP contribution in [-0.2, 0) is 0 Å². The number of fused-ring (bicyclic) bond motifs is 4. The number of amides is 2. The molecule has 36 heavy (non-hydrogen) atoms. The van der Waals surface area contributed by atoms with Gasteiger partial charge in [0.05, 0.1) is 24.6 Å². The monoisotopic (exact) mass is 506 g/mol. The molecule has 2 aromatic heterocycles. The van der Waals surface area contributed by atoms with Crippen molar-refractivity contribution in [2.75, 3.05) is 26.7 Å². The van der Waals surface area contributed by atoms with Gasteiger partial charge in [-0.3, -0.25) is 4.99 Å². The maximum Gasteiger partial charge on any atom is 0.389 e. The van der Waals surface area contributed by atoms with Crippen molar-refractivity contribution in [3.63, 3.8) is 0 Å². The molecule has 0 aromatic carbocycles. The fraction of sp³-hybridized carbons (Fsp3) is 0.520. The first-order chi connectivity index (χ1) is 17.2. The van der Waals surface area contributed by atoms with Gasteiger partial charge in [0.25, 0.3) is 5.88 Å². The molecule has 1 N–H and O–H groups in total. The Morgan fingerprint density at radius 1 is 1.33 bits per heavy atom. The van der Waals surface area contributed by atoms with Crippen LogP contribution >= 0.6 is 0 Å². The summed E-state index contributed by atoms with van der Waals surface area (Å²) in [5, 5.41) is 2.81. The standard InChI is InChI=1S/C25H33F3N6O2/c1-4-18-15-20(29-3)16-33(5-2)24(35)31-19(10-11-25(26,27)28)9-7-6-8-14-36-23-22-30-12-13-34(22)17-21(18)32-23/h4,12-13,15,17,19H,1,5-11,14,16H2,2-3H3,(H,31,35)/b18-15+,29-20?/t19-/m1/s1. The lowest BCUT2D eigenvalue weighted by molar-refractivity contribution is -0.136. The Balaban J connectivity index is 1.92. The van der Waals surface area contributed by atoms with Crippen LogP contribution in [-0.4, -0.2) is 70.0 Å². The normalized spacial score (nSPS) is 21.4. The van der Waals surface area contributed by atoms with E-state index in [0.29, 0.717) is 60.9 Å². The number of hydrogen-bond acceptors (Lipinski definition) is 5. The van der Waals surface area contributed by atoms with Crippen molar-refractivity contribution in [1.29, 1.82) is 0 Å². The molecule has 2 amide bonds. The van der Waals surface area contributed by atoms with Crippen molar-refractivity contribution in [3.05, 3.63) is 43.0 Å². The lowest BCUT2D eigenvalue weighted by Gasteiger charge is -2.26. The van der Waals surface area contributed by atoms with Gasteiger partial charge in [0, 0.05) is 50.2 Å². The van der Waals surface area contributed by atoms with Crippen molar-refractivity contribution in [2.24, 2.45) is 4.99 Å². The van der Waals surface area contributed by atoms with E-state index < -0.39 is 24.7 Å². The summed E-state index contributed by atoms with van der Waals surface area (Å²) in [5.74, 6) is 0.389. The Morgan fingerprint density at radius 2 is 2.14 bits per heavy atom. The highest BCUT2D eigenvalue weighted by Gasteiger charge is 2.29. The van der Waals surface area contributed by atoms with Crippen LogP contribution in [0.15, 0.2) is 42.3 Å². The topological polar surface area (TPSA) is 84.1 Å². The Labute approximate surface area is 209 Å². The molecule has 0 radical (unpaired) electrons. The van der Waals surface area contributed by atoms with E-state index in [1.165, 1.54) is 4.90 Å². The third-order valence-electron chi connectivity index (χ3n) is 6.03. The number of aromatic nitrogens is 3. The van der Waals surface area contributed by atoms with E-state index in [2.05, 4.69) is 26.9 Å². The van der Waals surface area contributed by atoms with E-state index in [1.54, 1.807) is 31.6 Å². The third kappa shape index (κ3) is 7.56. The van der Waals surface area contributed by atoms with Crippen LogP contribution in [0.2, 0.25) is 0 Å². The SMILES string of the molecule is C=C/C1=C\C(=NC)CN(CC)C(=O)N[C@@H](CCC(F)(F)F)CCCCCOc2nc1cn1ccnc21. The quantitative estimate of drug-likeness (QED) is 0.628. The zero-order valence-corrected chi connectivity index (χ0v) is 20.7. The fourth-order valence-corrected chi connectivity index (χ4v) is 3.99. The molecule has 0 saturated heterocycles. The lowest BCUT2D eigenvalue weighted by atomic mass is 10.0. The molecular formula is C25H33F3N6O2. The van der Waals surface area contributed by atoms with Gasteiger partial charge in [0.2, 0.25) is 5.65 Å². The summed E-state index contributed by atoms with van der Waals surface area (Å²) >= 11 is 0. The molecule has 1 aliphatic heterocycles. The third-order valence-corrected chi connectivity index (χ3v) is 6.03. The highest BCUT2D eigenvalue weighted by atomic mass is 19.4. The number of nitrogens with zero attached hydrogens (tertiary/aromatic N) is 5. The predicted octanol–water partition coefficient (Wildman–Crippen LogP) is 5.06. The van der Waals surface area contributed by atoms with Crippen molar-refractivity contribution < 1.29 is 22.7 Å². The average molecular weight is 507 g/mol. The van der Waals surface area contributed by atoms with Crippen LogP contribution in [0.4, 0.5) is 18.0 Å². The predicted molar refractivity (Wildman–Crippen MR) is 133 cm³/mol. The molecular weight excluding hydrogens is 473 g/mol. The Kier molecular flexibility index (Phi) is 9.49. The van der Waals surface area contributed by atoms with Gasteiger partial charge in [-0.1, -0.05) is 19.1 Å². The molecule has 196 valence electrons. The molecule has 2 aromatic rings. The summed E-state index contributed by atoms with van der Waals surface area (Å²) in [6, 6.07) is -0.987. The number of carbonyl (C=O) groups is 1. The van der Waals surface area contributed by atoms with Crippen LogP contribution < -0.4 is 10.1 Å². The summed E-state index contributed by atoms with van der Waals surface area (Å²) in [6.07, 6.45) is 5.89. The largest absolute Gasteiger partial charge is 0.475 e. The smallest absolute Gasteiger partial charge is 0.389 e. The highest BCUT2D eigenvalue weighted by molar-refractivity contribution is 6.04. The summed E-state index contributed by atoms with van der Waals surface area (Å²) in [7, 11) is 1.62. The van der Waals surface area contributed by atoms with E-state index in [1.807, 2.05) is 17.5 Å². The zero-order valence-electron chi connectivity index (χ0n) is 20.7. The number of hydrogen-bond donors (Lipinski definition) is 1. The first kappa shape index (κ1) is 27.2. The van der Waals surface area contributed by atoms with Crippen LogP contribution in [0, 0.1) is 0 Å². The zero-order chi connectivity index (χ0) is 26.1. The molecule has 0 aliphatic carbocycles. The number of rotatable bonds is 4. The van der Waals surface area contributed by atoms with Crippen LogP contribution in [0.25, 0.3) is 11.2 Å². The molecule has 8 nitrogen and oxygen atoms in total. The van der Waals surface area contributed by atoms with Gasteiger partial charge in [-0.25, -0.2) is 14.8 Å². The highest BCUT2D eigenvalue weighted by Crippen LogP contribution is 2.25. The first-order valence-electron chi connectivity index (χ1n) is 12.1. The molecule has 3 heterocycles. The molecule has 3 rings (SSSR count). The van der Waals surface area contributed by atoms with E-state index in [4.69, 9.17) is 4.74 Å². The van der Waals surface area contributed by atoms with Crippen LogP contribution in [0.1, 0.15) is 51.1 Å². The molecule has 1 atom stereocenters. The van der Waals surface area contributed by atoms with Crippen molar-refractivity contribution in [3.8, 4) is 5.88 Å². The van der Waals surface area contributed by atoms with Gasteiger partial charge in [0.15, 0.2) is 0 Å². The van der Waals surface area contributed by atoms with Gasteiger partial charge in [-0.05, 0) is 38.7 Å². The maximum absolute atomic E-state index is 13.0. The molecule has 0 saturated carbocycles. The second-order valence-electron chi connectivity index (χ2n) is 8.62. The van der Waals surface area contributed by atoms with Gasteiger partial charge in [0.1, 0.15) is 0 Å². The number of allylic oxidation sites excluding steroid dienone is 2. The van der Waals surface area contributed by atoms with Crippen molar-refractivity contribution >= 4 is 23.0 Å². The maximum atomic E-state index is 13.0. The van der Waals surface area contributed by atoms with Gasteiger partial charge >= 0.3 is 12.2 Å². The Hall–Kier alpha value is -3.37. The number of aliphatic imine (C=N–C) groups is 1. The summed E-state index contributed by atoms with van der Waals surface area (Å²) in [5.41, 5.74) is 2.47. The minimum Gasteiger partial charge on any atom is -0.475 e. The second kappa shape index (κ2) is 12.5. The van der Waals surface area contributed by atoms with E-state index in [9.17, 15) is 18.0 Å². The molecule has 0 fully saturated rings. The molecule has 2 bridgehead atoms. The number of imidazole rings is 1. The van der Waals surface area contributed by atoms with Gasteiger partial charge in [-0.15, -0.1) is 0 Å². The van der Waals surface area contributed by atoms with E-state index in [-0.39, 0.29) is 13.0 Å². The van der Waals surface area contributed by atoms with E-state index >= 15 is 0 Å². The van der Waals surface area contributed by atoms with Crippen LogP contribution in [0.3, 0.4) is 0 Å². The van der Waals surface area contributed by atoms with Crippen molar-refractivity contribution in [2.45, 2.75) is 57.7 Å². The van der Waals surface area contributed by atoms with Gasteiger partial charge < -0.3 is 19.4 Å². The number of ether oxygens (including phenoxy) is 1. The first-order valence-corrected chi connectivity index (χ1v) is 12.1. The lowest BCUT2D eigenvalue weighted by Crippen LogP contribution is -2.46. The van der Waals surface area contributed by atoms with Crippen LogP contribution in [0.5, 0.6) is 5.88 Å². The number of carbonyl (C=O) groups excluding carboxylic acids is 1. The van der Waals surface area contributed by atoms with Gasteiger partial charge in [-0.2, -0.15) is 13.2 Å².